The Morgan fingerprint density at radius 1 is 1.04 bits per heavy atom. The van der Waals surface area contributed by atoms with Crippen LogP contribution in [-0.4, -0.2) is 59.9 Å². The number of nitrogens with zero attached hydrogens (tertiary/aromatic N) is 3. The summed E-state index contributed by atoms with van der Waals surface area (Å²) in [6.45, 7) is 11.1. The summed E-state index contributed by atoms with van der Waals surface area (Å²) < 4.78 is 0. The molecule has 5 heteroatoms. The highest BCUT2D eigenvalue weighted by Crippen LogP contribution is 2.39. The third kappa shape index (κ3) is 4.15. The summed E-state index contributed by atoms with van der Waals surface area (Å²) in [5, 5.41) is 2.37. The standard InChI is InChI=1S/C21H33N3OS/c1-2-24-17-21(8-6-20(24)25)7-5-11-23(16-21)14-19-12-18(15-26-19)13-22-9-3-4-10-22/h12,15H,2-11,13-14,16-17H2,1H3. The Kier molecular flexibility index (Phi) is 5.67. The van der Waals surface area contributed by atoms with Crippen molar-refractivity contribution in [3.05, 3.63) is 21.9 Å². The average Bonchev–Trinajstić information content (AvgIpc) is 3.30. The monoisotopic (exact) mass is 375 g/mol. The van der Waals surface area contributed by atoms with E-state index in [1.54, 1.807) is 0 Å². The van der Waals surface area contributed by atoms with Crippen molar-refractivity contribution in [3.63, 3.8) is 0 Å². The van der Waals surface area contributed by atoms with Gasteiger partial charge in [-0.1, -0.05) is 0 Å². The number of hydrogen-bond donors (Lipinski definition) is 0. The normalized spacial score (nSPS) is 28.3. The lowest BCUT2D eigenvalue weighted by molar-refractivity contribution is -0.139. The molecule has 0 aliphatic carbocycles. The number of likely N-dealkylation sites (tertiary alicyclic amines) is 3. The molecule has 1 unspecified atom stereocenters. The molecule has 1 aromatic rings. The maximum absolute atomic E-state index is 12.1. The molecule has 3 aliphatic heterocycles. The summed E-state index contributed by atoms with van der Waals surface area (Å²) in [4.78, 5) is 20.9. The molecular weight excluding hydrogens is 342 g/mol. The van der Waals surface area contributed by atoms with E-state index in [1.807, 2.05) is 11.3 Å². The van der Waals surface area contributed by atoms with Gasteiger partial charge < -0.3 is 4.90 Å². The topological polar surface area (TPSA) is 26.8 Å². The minimum atomic E-state index is 0.345. The molecule has 4 nitrogen and oxygen atoms in total. The van der Waals surface area contributed by atoms with Crippen LogP contribution in [0.1, 0.15) is 55.9 Å². The van der Waals surface area contributed by atoms with Crippen molar-refractivity contribution >= 4 is 17.2 Å². The zero-order valence-corrected chi connectivity index (χ0v) is 17.0. The van der Waals surface area contributed by atoms with Gasteiger partial charge >= 0.3 is 0 Å². The molecule has 0 aromatic carbocycles. The summed E-state index contributed by atoms with van der Waals surface area (Å²) >= 11 is 1.93. The second-order valence-electron chi connectivity index (χ2n) is 8.63. The summed E-state index contributed by atoms with van der Waals surface area (Å²) in [5.74, 6) is 0.361. The van der Waals surface area contributed by atoms with Crippen LogP contribution in [0, 0.1) is 5.41 Å². The first-order valence-electron chi connectivity index (χ1n) is 10.4. The lowest BCUT2D eigenvalue weighted by Gasteiger charge is -2.48. The van der Waals surface area contributed by atoms with Crippen molar-refractivity contribution in [1.29, 1.82) is 0 Å². The van der Waals surface area contributed by atoms with Crippen LogP contribution in [0.3, 0.4) is 0 Å². The number of hydrogen-bond acceptors (Lipinski definition) is 4. The summed E-state index contributed by atoms with van der Waals surface area (Å²) in [5.41, 5.74) is 1.84. The molecule has 4 heterocycles. The molecule has 26 heavy (non-hydrogen) atoms. The van der Waals surface area contributed by atoms with E-state index >= 15 is 0 Å². The lowest BCUT2D eigenvalue weighted by Crippen LogP contribution is -2.53. The first kappa shape index (κ1) is 18.5. The second-order valence-corrected chi connectivity index (χ2v) is 9.62. The van der Waals surface area contributed by atoms with Gasteiger partial charge in [0.05, 0.1) is 0 Å². The highest BCUT2D eigenvalue weighted by Gasteiger charge is 2.41. The van der Waals surface area contributed by atoms with E-state index in [2.05, 4.69) is 33.1 Å². The van der Waals surface area contributed by atoms with E-state index in [-0.39, 0.29) is 0 Å². The maximum Gasteiger partial charge on any atom is 0.222 e. The van der Waals surface area contributed by atoms with Gasteiger partial charge in [-0.15, -0.1) is 11.3 Å². The Bertz CT molecular complexity index is 625. The molecule has 3 saturated heterocycles. The molecule has 4 rings (SSSR count). The Labute approximate surface area is 162 Å². The summed E-state index contributed by atoms with van der Waals surface area (Å²) in [6.07, 6.45) is 7.13. The van der Waals surface area contributed by atoms with Crippen LogP contribution in [0.4, 0.5) is 0 Å². The van der Waals surface area contributed by atoms with E-state index < -0.39 is 0 Å². The molecule has 0 bridgehead atoms. The van der Waals surface area contributed by atoms with Crippen molar-refractivity contribution in [1.82, 2.24) is 14.7 Å². The molecule has 3 fully saturated rings. The molecule has 1 atom stereocenters. The second kappa shape index (κ2) is 7.99. The highest BCUT2D eigenvalue weighted by molar-refractivity contribution is 7.10. The molecule has 3 aliphatic rings. The van der Waals surface area contributed by atoms with Crippen LogP contribution in [-0.2, 0) is 17.9 Å². The number of carbonyl (C=O) groups is 1. The molecule has 144 valence electrons. The van der Waals surface area contributed by atoms with Crippen LogP contribution in [0.2, 0.25) is 0 Å². The van der Waals surface area contributed by atoms with Crippen molar-refractivity contribution in [2.24, 2.45) is 5.41 Å². The van der Waals surface area contributed by atoms with Crippen molar-refractivity contribution in [2.45, 2.75) is 58.5 Å². The van der Waals surface area contributed by atoms with Crippen molar-refractivity contribution < 1.29 is 4.79 Å². The van der Waals surface area contributed by atoms with E-state index in [9.17, 15) is 4.79 Å². The van der Waals surface area contributed by atoms with Gasteiger partial charge in [0.2, 0.25) is 5.91 Å². The van der Waals surface area contributed by atoms with E-state index in [4.69, 9.17) is 0 Å². The Morgan fingerprint density at radius 3 is 2.65 bits per heavy atom. The van der Waals surface area contributed by atoms with Crippen LogP contribution < -0.4 is 0 Å². The highest BCUT2D eigenvalue weighted by atomic mass is 32.1. The van der Waals surface area contributed by atoms with Gasteiger partial charge in [-0.3, -0.25) is 14.6 Å². The Morgan fingerprint density at radius 2 is 1.85 bits per heavy atom. The minimum Gasteiger partial charge on any atom is -0.342 e. The minimum absolute atomic E-state index is 0.345. The van der Waals surface area contributed by atoms with E-state index in [0.29, 0.717) is 11.3 Å². The number of rotatable bonds is 5. The smallest absolute Gasteiger partial charge is 0.222 e. The molecule has 0 N–H and O–H groups in total. The molecule has 0 radical (unpaired) electrons. The van der Waals surface area contributed by atoms with E-state index in [1.165, 1.54) is 55.8 Å². The largest absolute Gasteiger partial charge is 0.342 e. The fourth-order valence-corrected chi connectivity index (χ4v) is 6.10. The fraction of sp³-hybridized carbons (Fsp3) is 0.762. The first-order chi connectivity index (χ1) is 12.7. The van der Waals surface area contributed by atoms with Crippen molar-refractivity contribution in [2.75, 3.05) is 39.3 Å². The number of carbonyl (C=O) groups excluding carboxylic acids is 1. The SMILES string of the molecule is CCN1CC2(CCCN(Cc3cc(CN4CCCC4)cs3)C2)CCC1=O. The zero-order valence-electron chi connectivity index (χ0n) is 16.2. The predicted molar refractivity (Wildman–Crippen MR) is 107 cm³/mol. The van der Waals surface area contributed by atoms with Crippen molar-refractivity contribution in [3.8, 4) is 0 Å². The van der Waals surface area contributed by atoms with Gasteiger partial charge in [-0.25, -0.2) is 0 Å². The maximum atomic E-state index is 12.1. The van der Waals surface area contributed by atoms with Crippen LogP contribution in [0.25, 0.3) is 0 Å². The third-order valence-electron chi connectivity index (χ3n) is 6.56. The summed E-state index contributed by atoms with van der Waals surface area (Å²) in [6, 6.07) is 2.44. The number of thiophene rings is 1. The van der Waals surface area contributed by atoms with Gasteiger partial charge in [-0.05, 0) is 75.7 Å². The van der Waals surface area contributed by atoms with Gasteiger partial charge in [0.1, 0.15) is 0 Å². The number of piperidine rings is 2. The predicted octanol–water partition coefficient (Wildman–Crippen LogP) is 3.57. The molecular formula is C21H33N3OS. The molecule has 1 spiro atoms. The van der Waals surface area contributed by atoms with Gasteiger partial charge in [0.15, 0.2) is 0 Å². The van der Waals surface area contributed by atoms with Gasteiger partial charge in [0.25, 0.3) is 0 Å². The first-order valence-corrected chi connectivity index (χ1v) is 11.3. The quantitative estimate of drug-likeness (QED) is 0.787. The van der Waals surface area contributed by atoms with Gasteiger partial charge in [0, 0.05) is 49.4 Å². The molecule has 1 aromatic heterocycles. The van der Waals surface area contributed by atoms with Crippen LogP contribution >= 0.6 is 11.3 Å². The van der Waals surface area contributed by atoms with E-state index in [0.717, 1.165) is 45.6 Å². The molecule has 0 saturated carbocycles. The lowest BCUT2D eigenvalue weighted by atomic mass is 9.73. The number of amides is 1. The molecule has 1 amide bonds. The Hall–Kier alpha value is -0.910. The third-order valence-corrected chi connectivity index (χ3v) is 7.53. The Balaban J connectivity index is 1.35. The fourth-order valence-electron chi connectivity index (χ4n) is 5.18. The average molecular weight is 376 g/mol. The van der Waals surface area contributed by atoms with Crippen LogP contribution in [0.15, 0.2) is 11.4 Å². The zero-order chi connectivity index (χ0) is 18.0. The summed E-state index contributed by atoms with van der Waals surface area (Å²) in [7, 11) is 0. The van der Waals surface area contributed by atoms with Gasteiger partial charge in [-0.2, -0.15) is 0 Å². The van der Waals surface area contributed by atoms with Crippen LogP contribution in [0.5, 0.6) is 0 Å².